The molecule has 2 aliphatic rings. The number of unbranched alkanes of at least 4 members (excludes halogenated alkanes) is 1. The molecule has 0 bridgehead atoms. The van der Waals surface area contributed by atoms with Crippen LogP contribution in [0.15, 0.2) is 66.7 Å². The van der Waals surface area contributed by atoms with Crippen LogP contribution in [-0.4, -0.2) is 36.6 Å². The van der Waals surface area contributed by atoms with Crippen LogP contribution < -0.4 is 10.9 Å². The molecule has 2 fully saturated rings. The Morgan fingerprint density at radius 2 is 0.952 bits per heavy atom. The highest BCUT2D eigenvalue weighted by atomic mass is 16.7. The first kappa shape index (κ1) is 29.4. The van der Waals surface area contributed by atoms with Gasteiger partial charge < -0.3 is 18.6 Å². The van der Waals surface area contributed by atoms with Gasteiger partial charge in [0.15, 0.2) is 0 Å². The average Bonchev–Trinajstić information content (AvgIpc) is 3.28. The molecule has 0 N–H and O–H groups in total. The molecule has 0 radical (unpaired) electrons. The van der Waals surface area contributed by atoms with Crippen molar-refractivity contribution in [2.24, 2.45) is 0 Å². The third-order valence-electron chi connectivity index (χ3n) is 10.2. The van der Waals surface area contributed by atoms with Crippen LogP contribution in [0.1, 0.15) is 80.7 Å². The summed E-state index contributed by atoms with van der Waals surface area (Å²) in [5.74, 6) is 0. The van der Waals surface area contributed by atoms with Gasteiger partial charge in [-0.2, -0.15) is 0 Å². The van der Waals surface area contributed by atoms with Gasteiger partial charge >= 0.3 is 14.2 Å². The van der Waals surface area contributed by atoms with Crippen molar-refractivity contribution in [3.05, 3.63) is 72.3 Å². The zero-order valence-corrected chi connectivity index (χ0v) is 26.8. The monoisotopic (exact) mass is 562 g/mol. The lowest BCUT2D eigenvalue weighted by Crippen LogP contribution is -2.41. The van der Waals surface area contributed by atoms with E-state index in [9.17, 15) is 0 Å². The van der Waals surface area contributed by atoms with Crippen LogP contribution >= 0.6 is 0 Å². The highest BCUT2D eigenvalue weighted by molar-refractivity contribution is 6.73. The first-order chi connectivity index (χ1) is 19.7. The molecule has 4 aromatic rings. The zero-order chi connectivity index (χ0) is 30.1. The summed E-state index contributed by atoms with van der Waals surface area (Å²) in [6, 6.07) is 24.3. The normalized spacial score (nSPS) is 20.6. The fraction of sp³-hybridized carbons (Fsp3) is 0.444. The molecule has 4 aromatic carbocycles. The third-order valence-corrected chi connectivity index (χ3v) is 10.2. The second kappa shape index (κ2) is 10.2. The minimum atomic E-state index is -0.513. The highest BCUT2D eigenvalue weighted by Gasteiger charge is 2.55. The standard InChI is InChI=1S/C36H44B2O4/c1-10-11-14-24-17-19-25(20-18-24)26-21-22-29-30(23-26)32(38-41-35(6,7)36(8,9)42-38)28-16-13-12-15-27(28)31(29)37-39-33(2,3)34(4,5)40-37/h12-13,15-23H,10-11,14H2,1-9H3. The quantitative estimate of drug-likeness (QED) is 0.179. The van der Waals surface area contributed by atoms with Gasteiger partial charge in [0.05, 0.1) is 22.4 Å². The summed E-state index contributed by atoms with van der Waals surface area (Å²) < 4.78 is 26.8. The summed E-state index contributed by atoms with van der Waals surface area (Å²) in [5, 5.41) is 4.39. The second-order valence-electron chi connectivity index (χ2n) is 14.1. The van der Waals surface area contributed by atoms with E-state index in [0.717, 1.165) is 44.5 Å². The van der Waals surface area contributed by atoms with E-state index in [1.165, 1.54) is 24.0 Å². The van der Waals surface area contributed by atoms with Gasteiger partial charge in [-0.25, -0.2) is 0 Å². The van der Waals surface area contributed by atoms with Gasteiger partial charge in [0, 0.05) is 0 Å². The first-order valence-electron chi connectivity index (χ1n) is 15.5. The number of hydrogen-bond donors (Lipinski definition) is 0. The zero-order valence-electron chi connectivity index (χ0n) is 26.8. The van der Waals surface area contributed by atoms with Crippen molar-refractivity contribution in [3.63, 3.8) is 0 Å². The van der Waals surface area contributed by atoms with Crippen molar-refractivity contribution in [1.29, 1.82) is 0 Å². The predicted molar refractivity (Wildman–Crippen MR) is 177 cm³/mol. The maximum atomic E-state index is 6.71. The van der Waals surface area contributed by atoms with Crippen LogP contribution in [-0.2, 0) is 25.0 Å². The Morgan fingerprint density at radius 1 is 0.524 bits per heavy atom. The average molecular weight is 562 g/mol. The SMILES string of the molecule is CCCCc1ccc(-c2ccc3c(B4OC(C)(C)C(C)(C)O4)c4ccccc4c(B4OC(C)(C)C(C)(C)O4)c3c2)cc1. The van der Waals surface area contributed by atoms with Crippen LogP contribution in [0.2, 0.25) is 0 Å². The van der Waals surface area contributed by atoms with E-state index in [4.69, 9.17) is 18.6 Å². The summed E-state index contributed by atoms with van der Waals surface area (Å²) in [6.07, 6.45) is 3.53. The Kier molecular flexibility index (Phi) is 7.17. The molecule has 6 heteroatoms. The molecule has 2 heterocycles. The number of hydrogen-bond acceptors (Lipinski definition) is 4. The summed E-state index contributed by atoms with van der Waals surface area (Å²) in [6.45, 7) is 19.1. The van der Waals surface area contributed by atoms with Gasteiger partial charge in [-0.3, -0.25) is 0 Å². The lowest BCUT2D eigenvalue weighted by molar-refractivity contribution is 0.00578. The fourth-order valence-corrected chi connectivity index (χ4v) is 6.10. The van der Waals surface area contributed by atoms with Crippen molar-refractivity contribution in [2.75, 3.05) is 0 Å². The molecule has 2 saturated heterocycles. The molecule has 0 spiro atoms. The van der Waals surface area contributed by atoms with Crippen LogP contribution in [0.25, 0.3) is 32.7 Å². The lowest BCUT2D eigenvalue weighted by Gasteiger charge is -2.32. The first-order valence-corrected chi connectivity index (χ1v) is 15.5. The van der Waals surface area contributed by atoms with Gasteiger partial charge in [-0.05, 0) is 123 Å². The van der Waals surface area contributed by atoms with Crippen LogP contribution in [0, 0.1) is 0 Å². The molecule has 0 atom stereocenters. The molecule has 6 rings (SSSR count). The number of fused-ring (bicyclic) bond motifs is 2. The number of benzene rings is 4. The summed E-state index contributed by atoms with van der Waals surface area (Å²) in [7, 11) is -1.01. The molecule has 0 unspecified atom stereocenters. The molecule has 0 saturated carbocycles. The topological polar surface area (TPSA) is 36.9 Å². The summed E-state index contributed by atoms with van der Waals surface area (Å²) in [5.41, 5.74) is 4.04. The third kappa shape index (κ3) is 4.81. The van der Waals surface area contributed by atoms with Gasteiger partial charge in [0.1, 0.15) is 0 Å². The maximum Gasteiger partial charge on any atom is 0.496 e. The predicted octanol–water partition coefficient (Wildman–Crippen LogP) is 7.60. The largest absolute Gasteiger partial charge is 0.496 e. The number of rotatable bonds is 6. The maximum absolute atomic E-state index is 6.71. The molecular weight excluding hydrogens is 518 g/mol. The molecule has 0 aliphatic carbocycles. The molecule has 42 heavy (non-hydrogen) atoms. The van der Waals surface area contributed by atoms with Crippen molar-refractivity contribution in [3.8, 4) is 11.1 Å². The molecule has 2 aliphatic heterocycles. The Morgan fingerprint density at radius 3 is 1.43 bits per heavy atom. The highest BCUT2D eigenvalue weighted by Crippen LogP contribution is 2.40. The van der Waals surface area contributed by atoms with E-state index in [2.05, 4.69) is 129 Å². The van der Waals surface area contributed by atoms with E-state index in [-0.39, 0.29) is 0 Å². The molecule has 4 nitrogen and oxygen atoms in total. The van der Waals surface area contributed by atoms with Crippen LogP contribution in [0.3, 0.4) is 0 Å². The Balaban J connectivity index is 1.59. The van der Waals surface area contributed by atoms with E-state index in [1.807, 2.05) is 0 Å². The lowest BCUT2D eigenvalue weighted by atomic mass is 9.66. The van der Waals surface area contributed by atoms with Crippen molar-refractivity contribution < 1.29 is 18.6 Å². The molecule has 0 amide bonds. The summed E-state index contributed by atoms with van der Waals surface area (Å²) >= 11 is 0. The Bertz CT molecular complexity index is 1610. The minimum Gasteiger partial charge on any atom is -0.399 e. The summed E-state index contributed by atoms with van der Waals surface area (Å²) in [4.78, 5) is 0. The molecular formula is C36H44B2O4. The van der Waals surface area contributed by atoms with Crippen molar-refractivity contribution in [2.45, 2.75) is 104 Å². The van der Waals surface area contributed by atoms with Crippen LogP contribution in [0.4, 0.5) is 0 Å². The van der Waals surface area contributed by atoms with Gasteiger partial charge in [-0.1, -0.05) is 74.0 Å². The number of aryl methyl sites for hydroxylation is 1. The van der Waals surface area contributed by atoms with Gasteiger partial charge in [0.25, 0.3) is 0 Å². The van der Waals surface area contributed by atoms with E-state index in [0.29, 0.717) is 0 Å². The van der Waals surface area contributed by atoms with E-state index >= 15 is 0 Å². The fourth-order valence-electron chi connectivity index (χ4n) is 6.10. The van der Waals surface area contributed by atoms with Gasteiger partial charge in [-0.15, -0.1) is 0 Å². The molecule has 218 valence electrons. The van der Waals surface area contributed by atoms with Crippen LogP contribution in [0.5, 0.6) is 0 Å². The second-order valence-corrected chi connectivity index (χ2v) is 14.1. The van der Waals surface area contributed by atoms with Crippen molar-refractivity contribution in [1.82, 2.24) is 0 Å². The van der Waals surface area contributed by atoms with E-state index < -0.39 is 36.6 Å². The van der Waals surface area contributed by atoms with Crippen molar-refractivity contribution >= 4 is 46.7 Å². The Hall–Kier alpha value is -2.63. The smallest absolute Gasteiger partial charge is 0.399 e. The Labute approximate surface area is 252 Å². The van der Waals surface area contributed by atoms with E-state index in [1.54, 1.807) is 0 Å². The van der Waals surface area contributed by atoms with Gasteiger partial charge in [0.2, 0.25) is 0 Å². The molecule has 0 aromatic heterocycles. The minimum absolute atomic E-state index is 0.449.